The molecule has 0 unspecified atom stereocenters. The van der Waals surface area contributed by atoms with E-state index in [1.54, 1.807) is 30.3 Å². The fourth-order valence-electron chi connectivity index (χ4n) is 3.14. The highest BCUT2D eigenvalue weighted by Gasteiger charge is 2.34. The maximum absolute atomic E-state index is 12.8. The number of carbonyl (C=O) groups excluding carboxylic acids is 3. The average molecular weight is 480 g/mol. The zero-order valence-electron chi connectivity index (χ0n) is 18.5. The smallest absolute Gasteiger partial charge is 0.379 e. The Bertz CT molecular complexity index is 1230. The highest BCUT2D eigenvalue weighted by atomic mass is 32.2. The number of thioether (sulfide) groups is 1. The summed E-state index contributed by atoms with van der Waals surface area (Å²) in [6, 6.07) is 15.4. The first kappa shape index (κ1) is 23.2. The standard InChI is InChI=1S/C25H21NO7S/c1-16-5-8-18(9-6-16)31-13-11-26-23(27)22(34-25(26)29)15-17-7-10-19(21(14-17)30-2)33-24(28)20-4-3-12-32-20/h3-10,12,14-15H,11,13H2,1-2H3/b22-15-. The minimum atomic E-state index is -0.662. The molecule has 0 bridgehead atoms. The molecule has 0 aliphatic carbocycles. The van der Waals surface area contributed by atoms with Gasteiger partial charge in [-0.2, -0.15) is 0 Å². The summed E-state index contributed by atoms with van der Waals surface area (Å²) in [6.07, 6.45) is 2.96. The third-order valence-corrected chi connectivity index (χ3v) is 5.80. The van der Waals surface area contributed by atoms with Crippen LogP contribution in [0.5, 0.6) is 17.2 Å². The number of aryl methyl sites for hydroxylation is 1. The van der Waals surface area contributed by atoms with Crippen molar-refractivity contribution in [2.24, 2.45) is 0 Å². The Balaban J connectivity index is 1.41. The molecule has 1 aliphatic rings. The van der Waals surface area contributed by atoms with Gasteiger partial charge in [0, 0.05) is 0 Å². The number of esters is 1. The molecule has 0 atom stereocenters. The fourth-order valence-corrected chi connectivity index (χ4v) is 4.00. The van der Waals surface area contributed by atoms with E-state index in [9.17, 15) is 14.4 Å². The van der Waals surface area contributed by atoms with Crippen LogP contribution in [0.1, 0.15) is 21.7 Å². The van der Waals surface area contributed by atoms with Crippen molar-refractivity contribution < 1.29 is 33.0 Å². The Labute approximate surface area is 200 Å². The lowest BCUT2D eigenvalue weighted by Gasteiger charge is -2.13. The van der Waals surface area contributed by atoms with Crippen LogP contribution in [0.25, 0.3) is 6.08 Å². The molecule has 3 aromatic rings. The number of nitrogens with zero attached hydrogens (tertiary/aromatic N) is 1. The predicted octanol–water partition coefficient (Wildman–Crippen LogP) is 4.93. The van der Waals surface area contributed by atoms with E-state index in [1.165, 1.54) is 19.4 Å². The Kier molecular flexibility index (Phi) is 7.03. The quantitative estimate of drug-likeness (QED) is 0.255. The van der Waals surface area contributed by atoms with Crippen LogP contribution in [0.15, 0.2) is 70.2 Å². The third kappa shape index (κ3) is 5.32. The molecule has 0 radical (unpaired) electrons. The van der Waals surface area contributed by atoms with Crippen LogP contribution >= 0.6 is 11.8 Å². The number of amides is 2. The number of methoxy groups -OCH3 is 1. The van der Waals surface area contributed by atoms with E-state index < -0.39 is 11.9 Å². The summed E-state index contributed by atoms with van der Waals surface area (Å²) in [5.74, 6) is 0.167. The van der Waals surface area contributed by atoms with Crippen LogP contribution in [-0.4, -0.2) is 42.3 Å². The van der Waals surface area contributed by atoms with Gasteiger partial charge in [0.15, 0.2) is 11.5 Å². The number of benzene rings is 2. The van der Waals surface area contributed by atoms with E-state index in [0.717, 1.165) is 22.2 Å². The summed E-state index contributed by atoms with van der Waals surface area (Å²) in [7, 11) is 1.44. The summed E-state index contributed by atoms with van der Waals surface area (Å²) in [4.78, 5) is 38.7. The Hall–Kier alpha value is -3.98. The van der Waals surface area contributed by atoms with Crippen molar-refractivity contribution in [1.29, 1.82) is 0 Å². The molecule has 2 aromatic carbocycles. The van der Waals surface area contributed by atoms with E-state index in [4.69, 9.17) is 18.6 Å². The molecule has 0 spiro atoms. The van der Waals surface area contributed by atoms with Gasteiger partial charge in [0.1, 0.15) is 12.4 Å². The molecule has 1 fully saturated rings. The number of hydrogen-bond donors (Lipinski definition) is 0. The van der Waals surface area contributed by atoms with Crippen molar-refractivity contribution in [3.63, 3.8) is 0 Å². The third-order valence-electron chi connectivity index (χ3n) is 4.89. The van der Waals surface area contributed by atoms with Gasteiger partial charge in [-0.15, -0.1) is 0 Å². The van der Waals surface area contributed by atoms with Crippen molar-refractivity contribution >= 4 is 35.0 Å². The molecular formula is C25H21NO7S. The van der Waals surface area contributed by atoms with Gasteiger partial charge < -0.3 is 18.6 Å². The molecule has 0 saturated carbocycles. The second-order valence-corrected chi connectivity index (χ2v) is 8.27. The lowest BCUT2D eigenvalue weighted by Crippen LogP contribution is -2.32. The van der Waals surface area contributed by atoms with E-state index in [1.807, 2.05) is 31.2 Å². The maximum Gasteiger partial charge on any atom is 0.379 e. The van der Waals surface area contributed by atoms with E-state index in [-0.39, 0.29) is 34.8 Å². The molecule has 2 amide bonds. The van der Waals surface area contributed by atoms with E-state index >= 15 is 0 Å². The Morgan fingerprint density at radius 3 is 2.59 bits per heavy atom. The lowest BCUT2D eigenvalue weighted by atomic mass is 10.2. The van der Waals surface area contributed by atoms with Crippen molar-refractivity contribution in [2.75, 3.05) is 20.3 Å². The first-order valence-corrected chi connectivity index (χ1v) is 11.1. The number of hydrogen-bond acceptors (Lipinski definition) is 8. The van der Waals surface area contributed by atoms with E-state index in [0.29, 0.717) is 17.1 Å². The van der Waals surface area contributed by atoms with Gasteiger partial charge in [-0.3, -0.25) is 14.5 Å². The monoisotopic (exact) mass is 479 g/mol. The van der Waals surface area contributed by atoms with Crippen molar-refractivity contribution in [3.05, 3.63) is 82.7 Å². The van der Waals surface area contributed by atoms with Gasteiger partial charge in [-0.05, 0) is 66.7 Å². The average Bonchev–Trinajstić information content (AvgIpc) is 3.46. The highest BCUT2D eigenvalue weighted by molar-refractivity contribution is 8.18. The molecule has 1 aromatic heterocycles. The van der Waals surface area contributed by atoms with Gasteiger partial charge in [-0.25, -0.2) is 4.79 Å². The van der Waals surface area contributed by atoms with Gasteiger partial charge in [0.2, 0.25) is 5.76 Å². The zero-order chi connectivity index (χ0) is 24.1. The number of carbonyl (C=O) groups is 3. The van der Waals surface area contributed by atoms with E-state index in [2.05, 4.69) is 0 Å². The molecule has 1 saturated heterocycles. The van der Waals surface area contributed by atoms with Crippen molar-refractivity contribution in [3.8, 4) is 17.2 Å². The minimum absolute atomic E-state index is 0.0613. The Morgan fingerprint density at radius 2 is 1.88 bits per heavy atom. The van der Waals surface area contributed by atoms with Crippen LogP contribution in [0.2, 0.25) is 0 Å². The van der Waals surface area contributed by atoms with Gasteiger partial charge in [-0.1, -0.05) is 23.8 Å². The van der Waals surface area contributed by atoms with Gasteiger partial charge in [0.25, 0.3) is 11.1 Å². The van der Waals surface area contributed by atoms with Gasteiger partial charge >= 0.3 is 5.97 Å². The summed E-state index contributed by atoms with van der Waals surface area (Å²) in [6.45, 7) is 2.31. The minimum Gasteiger partial charge on any atom is -0.493 e. The SMILES string of the molecule is COc1cc(/C=C2\SC(=O)N(CCOc3ccc(C)cc3)C2=O)ccc1OC(=O)c1ccco1. The normalized spacial score (nSPS) is 14.5. The molecule has 8 nitrogen and oxygen atoms in total. The van der Waals surface area contributed by atoms with Gasteiger partial charge in [0.05, 0.1) is 24.8 Å². The summed E-state index contributed by atoms with van der Waals surface area (Å²) < 4.78 is 21.3. The molecule has 2 heterocycles. The topological polar surface area (TPSA) is 95.3 Å². The summed E-state index contributed by atoms with van der Waals surface area (Å²) >= 11 is 0.856. The lowest BCUT2D eigenvalue weighted by molar-refractivity contribution is -0.123. The van der Waals surface area contributed by atoms with Crippen LogP contribution in [-0.2, 0) is 4.79 Å². The predicted molar refractivity (Wildman–Crippen MR) is 126 cm³/mol. The van der Waals surface area contributed by atoms with Crippen LogP contribution in [0, 0.1) is 6.92 Å². The molecule has 1 aliphatic heterocycles. The number of imide groups is 1. The molecule has 34 heavy (non-hydrogen) atoms. The fraction of sp³-hybridized carbons (Fsp3) is 0.160. The highest BCUT2D eigenvalue weighted by Crippen LogP contribution is 2.34. The molecule has 0 N–H and O–H groups in total. The van der Waals surface area contributed by atoms with Crippen LogP contribution in [0.3, 0.4) is 0 Å². The molecule has 174 valence electrons. The number of rotatable bonds is 8. The second-order valence-electron chi connectivity index (χ2n) is 7.27. The number of ether oxygens (including phenoxy) is 3. The van der Waals surface area contributed by atoms with Crippen molar-refractivity contribution in [1.82, 2.24) is 4.90 Å². The molecular weight excluding hydrogens is 458 g/mol. The molecule has 9 heteroatoms. The summed E-state index contributed by atoms with van der Waals surface area (Å²) in [5, 5.41) is -0.361. The van der Waals surface area contributed by atoms with Crippen LogP contribution in [0.4, 0.5) is 4.79 Å². The largest absolute Gasteiger partial charge is 0.493 e. The second kappa shape index (κ2) is 10.3. The molecule has 4 rings (SSSR count). The zero-order valence-corrected chi connectivity index (χ0v) is 19.3. The summed E-state index contributed by atoms with van der Waals surface area (Å²) in [5.41, 5.74) is 1.72. The van der Waals surface area contributed by atoms with Crippen LogP contribution < -0.4 is 14.2 Å². The van der Waals surface area contributed by atoms with Crippen molar-refractivity contribution in [2.45, 2.75) is 6.92 Å². The first-order chi connectivity index (χ1) is 16.4. The number of furan rings is 1. The Morgan fingerprint density at radius 1 is 1.09 bits per heavy atom. The maximum atomic E-state index is 12.8. The first-order valence-electron chi connectivity index (χ1n) is 10.3.